The lowest BCUT2D eigenvalue weighted by Crippen LogP contribution is -2.39. The number of alkyl carbamates (subject to hydrolysis) is 1. The molecule has 0 spiro atoms. The van der Waals surface area contributed by atoms with Crippen molar-refractivity contribution in [2.45, 2.75) is 251 Å². The Kier molecular flexibility index (Phi) is 38.3. The third-order valence-electron chi connectivity index (χ3n) is 12.0. The Hall–Kier alpha value is -0.890. The van der Waals surface area contributed by atoms with Crippen LogP contribution < -0.4 is 5.32 Å². The third-order valence-corrected chi connectivity index (χ3v) is 12.0. The minimum atomic E-state index is -0.397. The number of methoxy groups -OCH3 is 1. The summed E-state index contributed by atoms with van der Waals surface area (Å²) in [6.45, 7) is 16.5. The summed E-state index contributed by atoms with van der Waals surface area (Å²) in [5, 5.41) is 2.98. The number of nitrogens with one attached hydrogen (secondary N) is 1. The fraction of sp³-hybridized carbons (Fsp3) is 0.979. The molecule has 0 saturated carbocycles. The van der Waals surface area contributed by atoms with Gasteiger partial charge >= 0.3 is 6.09 Å². The van der Waals surface area contributed by atoms with E-state index >= 15 is 0 Å². The van der Waals surface area contributed by atoms with Crippen molar-refractivity contribution in [3.63, 3.8) is 0 Å². The monoisotopic (exact) mass is 770 g/mol. The fourth-order valence-corrected chi connectivity index (χ4v) is 7.54. The fourth-order valence-electron chi connectivity index (χ4n) is 7.54. The summed E-state index contributed by atoms with van der Waals surface area (Å²) in [5.74, 6) is 0. The molecule has 0 aromatic heterocycles. The highest BCUT2D eigenvalue weighted by atomic mass is 16.6. The molecule has 7 nitrogen and oxygen atoms in total. The Morgan fingerprint density at radius 1 is 0.500 bits per heavy atom. The molecule has 0 rings (SSSR count). The van der Waals surface area contributed by atoms with E-state index in [0.29, 0.717) is 26.4 Å². The van der Waals surface area contributed by atoms with E-state index < -0.39 is 6.09 Å². The summed E-state index contributed by atoms with van der Waals surface area (Å²) in [6, 6.07) is 0. The van der Waals surface area contributed by atoms with Crippen molar-refractivity contribution in [2.75, 3.05) is 46.7 Å². The molecule has 0 saturated heterocycles. The summed E-state index contributed by atoms with van der Waals surface area (Å²) in [7, 11) is 1.80. The van der Waals surface area contributed by atoms with Crippen LogP contribution in [0.4, 0.5) is 4.79 Å². The van der Waals surface area contributed by atoms with E-state index in [1.165, 1.54) is 141 Å². The SMILES string of the molecule is CCCCCCCCCCCCCCOCC(COC(=O)NCCC(CC)(CC)OCCC(CC)(CC)OC)OCCCCCCCCCCCCCC. The maximum absolute atomic E-state index is 12.8. The molecular weight excluding hydrogens is 675 g/mol. The smallest absolute Gasteiger partial charge is 0.407 e. The molecule has 0 aromatic rings. The molecule has 1 amide bonds. The number of carbonyl (C=O) groups excluding carboxylic acids is 1. The van der Waals surface area contributed by atoms with Crippen molar-refractivity contribution in [3.05, 3.63) is 0 Å². The zero-order valence-corrected chi connectivity index (χ0v) is 37.5. The van der Waals surface area contributed by atoms with Gasteiger partial charge in [0.05, 0.1) is 24.4 Å². The Labute approximate surface area is 337 Å². The van der Waals surface area contributed by atoms with Crippen LogP contribution in [-0.4, -0.2) is 70.1 Å². The molecule has 1 atom stereocenters. The van der Waals surface area contributed by atoms with E-state index in [-0.39, 0.29) is 23.9 Å². The molecular formula is C47H95NO6. The number of rotatable bonds is 43. The minimum absolute atomic E-state index is 0.128. The minimum Gasteiger partial charge on any atom is -0.447 e. The van der Waals surface area contributed by atoms with Gasteiger partial charge < -0.3 is 29.0 Å². The molecule has 0 bridgehead atoms. The van der Waals surface area contributed by atoms with Gasteiger partial charge in [-0.3, -0.25) is 0 Å². The van der Waals surface area contributed by atoms with E-state index in [1.54, 1.807) is 7.11 Å². The Bertz CT molecular complexity index is 763. The van der Waals surface area contributed by atoms with Gasteiger partial charge in [-0.2, -0.15) is 0 Å². The van der Waals surface area contributed by atoms with Crippen molar-refractivity contribution in [1.29, 1.82) is 0 Å². The van der Waals surface area contributed by atoms with E-state index in [4.69, 9.17) is 23.7 Å². The highest BCUT2D eigenvalue weighted by Gasteiger charge is 2.30. The summed E-state index contributed by atoms with van der Waals surface area (Å²) < 4.78 is 30.3. The number of carbonyl (C=O) groups is 1. The molecule has 0 aliphatic carbocycles. The highest BCUT2D eigenvalue weighted by molar-refractivity contribution is 5.67. The molecule has 0 aliphatic rings. The Morgan fingerprint density at radius 2 is 0.926 bits per heavy atom. The van der Waals surface area contributed by atoms with Gasteiger partial charge in [0, 0.05) is 26.9 Å². The second-order valence-electron chi connectivity index (χ2n) is 16.2. The van der Waals surface area contributed by atoms with Crippen molar-refractivity contribution >= 4 is 6.09 Å². The van der Waals surface area contributed by atoms with Gasteiger partial charge in [-0.25, -0.2) is 4.79 Å². The third kappa shape index (κ3) is 30.3. The molecule has 0 aromatic carbocycles. The van der Waals surface area contributed by atoms with Crippen LogP contribution in [0.3, 0.4) is 0 Å². The first-order valence-corrected chi connectivity index (χ1v) is 23.7. The quantitative estimate of drug-likeness (QED) is 0.0623. The van der Waals surface area contributed by atoms with Gasteiger partial charge in [-0.1, -0.05) is 183 Å². The molecule has 0 aliphatic heterocycles. The standard InChI is InChI=1S/C47H95NO6/c1-8-14-16-18-20-22-24-26-28-30-32-34-39-51-42-44(52-40-35-33-31-29-27-25-23-21-19-17-15-9-2)43-53-45(49)48-38-36-47(12-5,13-6)54-41-37-46(10-3,11-4)50-7/h44H,8-43H2,1-7H3,(H,48,49). The number of hydrogen-bond donors (Lipinski definition) is 1. The van der Waals surface area contributed by atoms with Crippen LogP contribution in [0.15, 0.2) is 0 Å². The maximum Gasteiger partial charge on any atom is 0.407 e. The Balaban J connectivity index is 4.54. The van der Waals surface area contributed by atoms with E-state index in [1.807, 2.05) is 0 Å². The lowest BCUT2D eigenvalue weighted by atomic mass is 9.91. The summed E-state index contributed by atoms with van der Waals surface area (Å²) >= 11 is 0. The first kappa shape index (κ1) is 53.1. The van der Waals surface area contributed by atoms with Crippen molar-refractivity contribution in [3.8, 4) is 0 Å². The zero-order chi connectivity index (χ0) is 39.9. The topological polar surface area (TPSA) is 75.3 Å². The highest BCUT2D eigenvalue weighted by Crippen LogP contribution is 2.29. The molecule has 1 N–H and O–H groups in total. The average Bonchev–Trinajstić information content (AvgIpc) is 3.19. The van der Waals surface area contributed by atoms with Gasteiger partial charge in [0.1, 0.15) is 12.7 Å². The molecule has 0 radical (unpaired) electrons. The van der Waals surface area contributed by atoms with Crippen LogP contribution in [0.1, 0.15) is 234 Å². The lowest BCUT2D eigenvalue weighted by molar-refractivity contribution is -0.0939. The van der Waals surface area contributed by atoms with E-state index in [9.17, 15) is 4.79 Å². The zero-order valence-electron chi connectivity index (χ0n) is 37.5. The maximum atomic E-state index is 12.8. The predicted octanol–water partition coefficient (Wildman–Crippen LogP) is 14.1. The normalized spacial score (nSPS) is 12.7. The van der Waals surface area contributed by atoms with Crippen LogP contribution in [0.2, 0.25) is 0 Å². The number of ether oxygens (including phenoxy) is 5. The van der Waals surface area contributed by atoms with Gasteiger partial charge in [-0.05, 0) is 51.4 Å². The van der Waals surface area contributed by atoms with Crippen molar-refractivity contribution in [2.24, 2.45) is 0 Å². The van der Waals surface area contributed by atoms with Gasteiger partial charge in [0.2, 0.25) is 0 Å². The molecule has 0 heterocycles. The number of amides is 1. The van der Waals surface area contributed by atoms with Crippen LogP contribution >= 0.6 is 0 Å². The van der Waals surface area contributed by atoms with Gasteiger partial charge in [-0.15, -0.1) is 0 Å². The van der Waals surface area contributed by atoms with Crippen molar-refractivity contribution < 1.29 is 28.5 Å². The average molecular weight is 770 g/mol. The van der Waals surface area contributed by atoms with Crippen LogP contribution in [0.25, 0.3) is 0 Å². The summed E-state index contributed by atoms with van der Waals surface area (Å²) in [6.07, 6.45) is 36.5. The Morgan fingerprint density at radius 3 is 1.35 bits per heavy atom. The van der Waals surface area contributed by atoms with Gasteiger partial charge in [0.25, 0.3) is 0 Å². The largest absolute Gasteiger partial charge is 0.447 e. The molecule has 1 unspecified atom stereocenters. The van der Waals surface area contributed by atoms with Crippen LogP contribution in [-0.2, 0) is 23.7 Å². The predicted molar refractivity (Wildman–Crippen MR) is 231 cm³/mol. The molecule has 0 fully saturated rings. The summed E-state index contributed by atoms with van der Waals surface area (Å²) in [5.41, 5.74) is -0.396. The number of hydrogen-bond acceptors (Lipinski definition) is 6. The molecule has 324 valence electrons. The second kappa shape index (κ2) is 39.0. The van der Waals surface area contributed by atoms with Crippen LogP contribution in [0.5, 0.6) is 0 Å². The molecule has 54 heavy (non-hydrogen) atoms. The van der Waals surface area contributed by atoms with E-state index in [2.05, 4.69) is 46.9 Å². The molecule has 7 heteroatoms. The summed E-state index contributed by atoms with van der Waals surface area (Å²) in [4.78, 5) is 12.8. The lowest BCUT2D eigenvalue weighted by Gasteiger charge is -2.35. The van der Waals surface area contributed by atoms with Crippen LogP contribution in [0, 0.1) is 0 Å². The van der Waals surface area contributed by atoms with Gasteiger partial charge in [0.15, 0.2) is 0 Å². The second-order valence-corrected chi connectivity index (χ2v) is 16.2. The first-order chi connectivity index (χ1) is 26.4. The van der Waals surface area contributed by atoms with E-state index in [0.717, 1.165) is 58.0 Å². The number of unbranched alkanes of at least 4 members (excludes halogenated alkanes) is 22. The van der Waals surface area contributed by atoms with Crippen molar-refractivity contribution in [1.82, 2.24) is 5.32 Å². The first-order valence-electron chi connectivity index (χ1n) is 23.7.